The Balaban J connectivity index is 2.83. The average Bonchev–Trinajstić information content (AvgIpc) is 2.54. The summed E-state index contributed by atoms with van der Waals surface area (Å²) in [5.41, 5.74) is 0. The van der Waals surface area contributed by atoms with Crippen LogP contribution in [0, 0.1) is 0 Å². The monoisotopic (exact) mass is 236 g/mol. The number of hydrogen-bond donors (Lipinski definition) is 2. The molecule has 1 atom stereocenters. The minimum Gasteiger partial charge on any atom is -0.480 e. The molecule has 2 N–H and O–H groups in total. The highest BCUT2D eigenvalue weighted by atomic mass is 32.2. The third-order valence-corrected chi connectivity index (χ3v) is 3.90. The van der Waals surface area contributed by atoms with Crippen molar-refractivity contribution in [1.29, 1.82) is 0 Å². The Morgan fingerprint density at radius 2 is 2.36 bits per heavy atom. The molecule has 0 bridgehead atoms. The molecule has 0 saturated heterocycles. The summed E-state index contributed by atoms with van der Waals surface area (Å²) in [6.07, 6.45) is 1.42. The van der Waals surface area contributed by atoms with Gasteiger partial charge in [0.1, 0.15) is 0 Å². The predicted molar refractivity (Wildman–Crippen MR) is 51.8 cm³/mol. The van der Waals surface area contributed by atoms with Crippen molar-refractivity contribution in [3.63, 3.8) is 0 Å². The van der Waals surface area contributed by atoms with Crippen LogP contribution in [0.5, 0.6) is 0 Å². The van der Waals surface area contributed by atoms with Gasteiger partial charge in [-0.25, -0.2) is 13.4 Å². The highest BCUT2D eigenvalue weighted by Gasteiger charge is 2.28. The van der Waals surface area contributed by atoms with Gasteiger partial charge in [-0.3, -0.25) is 9.52 Å². The van der Waals surface area contributed by atoms with E-state index in [1.54, 1.807) is 5.38 Å². The summed E-state index contributed by atoms with van der Waals surface area (Å²) in [6, 6.07) is 0. The van der Waals surface area contributed by atoms with Crippen molar-refractivity contribution in [2.45, 2.75) is 12.2 Å². The first-order valence-corrected chi connectivity index (χ1v) is 6.00. The normalized spacial score (nSPS) is 13.5. The zero-order valence-corrected chi connectivity index (χ0v) is 8.80. The molecule has 0 aliphatic rings. The Bertz CT molecular complexity index is 411. The van der Waals surface area contributed by atoms with Crippen molar-refractivity contribution in [3.05, 3.63) is 11.6 Å². The van der Waals surface area contributed by atoms with Gasteiger partial charge in [-0.05, 0) is 6.92 Å². The average molecular weight is 236 g/mol. The van der Waals surface area contributed by atoms with Crippen molar-refractivity contribution in [3.8, 4) is 0 Å². The van der Waals surface area contributed by atoms with Gasteiger partial charge in [-0.2, -0.15) is 0 Å². The molecular formula is C6H8N2O4S2. The van der Waals surface area contributed by atoms with Gasteiger partial charge in [0, 0.05) is 11.6 Å². The number of carbonyl (C=O) groups is 1. The number of aromatic nitrogens is 1. The number of nitrogens with zero attached hydrogens (tertiary/aromatic N) is 1. The van der Waals surface area contributed by atoms with Gasteiger partial charge < -0.3 is 5.11 Å². The summed E-state index contributed by atoms with van der Waals surface area (Å²) >= 11 is 1.08. The molecule has 0 saturated carbocycles. The summed E-state index contributed by atoms with van der Waals surface area (Å²) in [6.45, 7) is 1.10. The van der Waals surface area contributed by atoms with E-state index in [0.29, 0.717) is 0 Å². The molecule has 1 aromatic heterocycles. The van der Waals surface area contributed by atoms with Crippen LogP contribution in [-0.4, -0.2) is 29.7 Å². The Kier molecular flexibility index (Phi) is 3.06. The molecule has 6 nitrogen and oxygen atoms in total. The first-order chi connectivity index (χ1) is 6.43. The molecule has 1 unspecified atom stereocenters. The van der Waals surface area contributed by atoms with E-state index in [9.17, 15) is 13.2 Å². The first kappa shape index (κ1) is 10.9. The van der Waals surface area contributed by atoms with Crippen molar-refractivity contribution in [2.75, 3.05) is 4.72 Å². The molecule has 1 heterocycles. The number of aliphatic carboxylic acids is 1. The van der Waals surface area contributed by atoms with Crippen molar-refractivity contribution < 1.29 is 18.3 Å². The summed E-state index contributed by atoms with van der Waals surface area (Å²) in [5, 5.41) is 8.77. The van der Waals surface area contributed by atoms with E-state index in [1.807, 2.05) is 0 Å². The number of thiazole rings is 1. The lowest BCUT2D eigenvalue weighted by molar-refractivity contribution is -0.136. The van der Waals surface area contributed by atoms with E-state index in [4.69, 9.17) is 5.11 Å². The zero-order chi connectivity index (χ0) is 10.8. The zero-order valence-electron chi connectivity index (χ0n) is 7.17. The van der Waals surface area contributed by atoms with Crippen molar-refractivity contribution in [1.82, 2.24) is 4.98 Å². The van der Waals surface area contributed by atoms with E-state index in [0.717, 1.165) is 18.3 Å². The second-order valence-corrected chi connectivity index (χ2v) is 5.36. The van der Waals surface area contributed by atoms with Gasteiger partial charge in [0.2, 0.25) is 10.0 Å². The molecule has 78 valence electrons. The lowest BCUT2D eigenvalue weighted by Crippen LogP contribution is -2.31. The Morgan fingerprint density at radius 1 is 1.71 bits per heavy atom. The van der Waals surface area contributed by atoms with Crippen LogP contribution in [0.4, 0.5) is 5.13 Å². The standard InChI is InChI=1S/C6H8N2O4S2/c1-4(5(9)10)14(11,12)8-6-7-2-3-13-6/h2-4H,1H3,(H,7,8)(H,9,10). The smallest absolute Gasteiger partial charge is 0.323 e. The number of hydrogen-bond acceptors (Lipinski definition) is 5. The Labute approximate surface area is 84.7 Å². The number of carboxylic acid groups (broad SMARTS) is 1. The molecule has 8 heteroatoms. The molecule has 0 radical (unpaired) electrons. The molecule has 0 aromatic carbocycles. The molecule has 0 aliphatic heterocycles. The topological polar surface area (TPSA) is 96.4 Å². The van der Waals surface area contributed by atoms with Crippen LogP contribution in [0.3, 0.4) is 0 Å². The molecule has 0 amide bonds. The van der Waals surface area contributed by atoms with Crippen molar-refractivity contribution in [2.24, 2.45) is 0 Å². The first-order valence-electron chi connectivity index (χ1n) is 3.57. The summed E-state index contributed by atoms with van der Waals surface area (Å²) < 4.78 is 24.7. The minimum atomic E-state index is -3.88. The third kappa shape index (κ3) is 2.42. The van der Waals surface area contributed by atoms with Crippen LogP contribution in [0.25, 0.3) is 0 Å². The van der Waals surface area contributed by atoms with E-state index >= 15 is 0 Å². The quantitative estimate of drug-likeness (QED) is 0.786. The number of sulfonamides is 1. The fourth-order valence-corrected chi connectivity index (χ4v) is 2.27. The highest BCUT2D eigenvalue weighted by Crippen LogP contribution is 2.14. The second kappa shape index (κ2) is 3.93. The predicted octanol–water partition coefficient (Wildman–Crippen LogP) is 0.358. The van der Waals surface area contributed by atoms with E-state index < -0.39 is 21.2 Å². The highest BCUT2D eigenvalue weighted by molar-refractivity contribution is 7.94. The van der Waals surface area contributed by atoms with E-state index in [-0.39, 0.29) is 5.13 Å². The molecule has 0 fully saturated rings. The number of carboxylic acids is 1. The maximum absolute atomic E-state index is 11.3. The maximum atomic E-state index is 11.3. The Hall–Kier alpha value is -1.15. The molecular weight excluding hydrogens is 228 g/mol. The van der Waals surface area contributed by atoms with Gasteiger partial charge in [0.15, 0.2) is 10.4 Å². The second-order valence-electron chi connectivity index (χ2n) is 2.46. The lowest BCUT2D eigenvalue weighted by atomic mass is 10.5. The van der Waals surface area contributed by atoms with Crippen LogP contribution >= 0.6 is 11.3 Å². The van der Waals surface area contributed by atoms with E-state index in [1.165, 1.54) is 6.20 Å². The van der Waals surface area contributed by atoms with Gasteiger partial charge in [0.25, 0.3) is 0 Å². The van der Waals surface area contributed by atoms with Crippen LogP contribution in [0.1, 0.15) is 6.92 Å². The number of nitrogens with one attached hydrogen (secondary N) is 1. The summed E-state index contributed by atoms with van der Waals surface area (Å²) in [7, 11) is -3.88. The third-order valence-electron chi connectivity index (χ3n) is 1.48. The fourth-order valence-electron chi connectivity index (χ4n) is 0.617. The van der Waals surface area contributed by atoms with Gasteiger partial charge in [-0.1, -0.05) is 0 Å². The van der Waals surface area contributed by atoms with Crippen molar-refractivity contribution >= 4 is 32.5 Å². The SMILES string of the molecule is CC(C(=O)O)S(=O)(=O)Nc1nccs1. The molecule has 0 aliphatic carbocycles. The van der Waals surface area contributed by atoms with Crippen LogP contribution in [0.15, 0.2) is 11.6 Å². The Morgan fingerprint density at radius 3 is 2.79 bits per heavy atom. The molecule has 14 heavy (non-hydrogen) atoms. The number of anilines is 1. The molecule has 1 aromatic rings. The number of rotatable bonds is 4. The molecule has 1 rings (SSSR count). The van der Waals surface area contributed by atoms with Crippen LogP contribution < -0.4 is 4.72 Å². The minimum absolute atomic E-state index is 0.165. The maximum Gasteiger partial charge on any atom is 0.323 e. The van der Waals surface area contributed by atoms with E-state index in [2.05, 4.69) is 9.71 Å². The fraction of sp³-hybridized carbons (Fsp3) is 0.333. The lowest BCUT2D eigenvalue weighted by Gasteiger charge is -2.08. The van der Waals surface area contributed by atoms with Crippen LogP contribution in [-0.2, 0) is 14.8 Å². The largest absolute Gasteiger partial charge is 0.480 e. The van der Waals surface area contributed by atoms with Crippen LogP contribution in [0.2, 0.25) is 0 Å². The molecule has 0 spiro atoms. The summed E-state index contributed by atoms with van der Waals surface area (Å²) in [5.74, 6) is -1.39. The van der Waals surface area contributed by atoms with Gasteiger partial charge in [-0.15, -0.1) is 11.3 Å². The van der Waals surface area contributed by atoms with Gasteiger partial charge in [0.05, 0.1) is 0 Å². The van der Waals surface area contributed by atoms with Gasteiger partial charge >= 0.3 is 5.97 Å². The summed E-state index contributed by atoms with van der Waals surface area (Å²) in [4.78, 5) is 14.1.